The number of aromatic nitrogens is 1. The van der Waals surface area contributed by atoms with Gasteiger partial charge in [-0.2, -0.15) is 13.2 Å². The predicted molar refractivity (Wildman–Crippen MR) is 97.2 cm³/mol. The van der Waals surface area contributed by atoms with Crippen LogP contribution in [0.2, 0.25) is 0 Å². The average molecular weight is 381 g/mol. The molecule has 2 aromatic rings. The van der Waals surface area contributed by atoms with Crippen molar-refractivity contribution in [2.75, 3.05) is 0 Å². The maximum atomic E-state index is 13.2. The van der Waals surface area contributed by atoms with Crippen LogP contribution in [0.25, 0.3) is 17.3 Å². The Labute approximate surface area is 156 Å². The zero-order valence-corrected chi connectivity index (χ0v) is 15.6. The van der Waals surface area contributed by atoms with Gasteiger partial charge in [0.25, 0.3) is 0 Å². The van der Waals surface area contributed by atoms with Crippen LogP contribution in [0.3, 0.4) is 0 Å². The Balaban J connectivity index is 2.31. The van der Waals surface area contributed by atoms with Crippen LogP contribution in [0.5, 0.6) is 5.75 Å². The molecular formula is C20H22F3NO3. The number of carbonyl (C=O) groups is 1. The summed E-state index contributed by atoms with van der Waals surface area (Å²) in [5.74, 6) is -0.342. The first kappa shape index (κ1) is 20.6. The number of rotatable bonds is 6. The molecule has 0 atom stereocenters. The average Bonchev–Trinajstić information content (AvgIpc) is 2.99. The van der Waals surface area contributed by atoms with Gasteiger partial charge in [0, 0.05) is 24.7 Å². The molecule has 7 heteroatoms. The molecule has 1 aromatic carbocycles. The second kappa shape index (κ2) is 8.33. The van der Waals surface area contributed by atoms with E-state index in [-0.39, 0.29) is 18.0 Å². The molecule has 0 saturated heterocycles. The second-order valence-corrected chi connectivity index (χ2v) is 6.56. The van der Waals surface area contributed by atoms with E-state index in [9.17, 15) is 18.0 Å². The first-order valence-electron chi connectivity index (χ1n) is 8.50. The highest BCUT2D eigenvalue weighted by atomic mass is 19.4. The van der Waals surface area contributed by atoms with E-state index in [2.05, 4.69) is 0 Å². The lowest BCUT2D eigenvalue weighted by atomic mass is 10.0. The zero-order chi connectivity index (χ0) is 20.2. The van der Waals surface area contributed by atoms with Crippen molar-refractivity contribution in [3.05, 3.63) is 48.3 Å². The number of benzene rings is 1. The molecule has 0 aliphatic rings. The maximum absolute atomic E-state index is 13.2. The van der Waals surface area contributed by atoms with Crippen molar-refractivity contribution in [3.8, 4) is 16.9 Å². The van der Waals surface area contributed by atoms with E-state index in [0.717, 1.165) is 12.1 Å². The molecule has 0 saturated carbocycles. The van der Waals surface area contributed by atoms with E-state index in [1.807, 2.05) is 0 Å². The quantitative estimate of drug-likeness (QED) is 0.498. The first-order chi connectivity index (χ1) is 12.5. The minimum atomic E-state index is -4.48. The third-order valence-electron chi connectivity index (χ3n) is 3.39. The standard InChI is InChI=1S/C20H22F3NO3/c1-13(2)26-18-10-16(9-17(11-18)20(21,22)23)15-5-7-24(12-15)8-6-19(25)27-14(3)4/h5-14H,1-4H3. The molecule has 0 radical (unpaired) electrons. The SMILES string of the molecule is CC(C)OC(=O)C=Cn1ccc(-c2cc(OC(C)C)cc(C(F)(F)F)c2)c1. The van der Waals surface area contributed by atoms with Gasteiger partial charge in [-0.25, -0.2) is 4.79 Å². The van der Waals surface area contributed by atoms with Gasteiger partial charge in [-0.3, -0.25) is 0 Å². The highest BCUT2D eigenvalue weighted by molar-refractivity contribution is 5.85. The van der Waals surface area contributed by atoms with Crippen molar-refractivity contribution < 1.29 is 27.4 Å². The monoisotopic (exact) mass is 381 g/mol. The molecular weight excluding hydrogens is 359 g/mol. The Hall–Kier alpha value is -2.70. The van der Waals surface area contributed by atoms with E-state index in [1.54, 1.807) is 56.8 Å². The number of carbonyl (C=O) groups excluding carboxylic acids is 1. The van der Waals surface area contributed by atoms with E-state index in [1.165, 1.54) is 12.3 Å². The van der Waals surface area contributed by atoms with Gasteiger partial charge in [-0.1, -0.05) is 0 Å². The Bertz CT molecular complexity index is 820. The summed E-state index contributed by atoms with van der Waals surface area (Å²) in [6.07, 6.45) is 1.03. The highest BCUT2D eigenvalue weighted by Crippen LogP contribution is 2.36. The molecule has 1 heterocycles. The lowest BCUT2D eigenvalue weighted by Crippen LogP contribution is -2.09. The van der Waals surface area contributed by atoms with E-state index < -0.39 is 17.7 Å². The fourth-order valence-corrected chi connectivity index (χ4v) is 2.36. The minimum absolute atomic E-state index is 0.152. The molecule has 0 aliphatic heterocycles. The highest BCUT2D eigenvalue weighted by Gasteiger charge is 2.31. The Morgan fingerprint density at radius 2 is 1.78 bits per heavy atom. The third-order valence-corrected chi connectivity index (χ3v) is 3.39. The summed E-state index contributed by atoms with van der Waals surface area (Å²) in [6.45, 7) is 6.98. The molecule has 0 spiro atoms. The smallest absolute Gasteiger partial charge is 0.416 e. The molecule has 27 heavy (non-hydrogen) atoms. The summed E-state index contributed by atoms with van der Waals surface area (Å²) in [4.78, 5) is 11.5. The topological polar surface area (TPSA) is 40.5 Å². The van der Waals surface area contributed by atoms with Gasteiger partial charge in [-0.15, -0.1) is 0 Å². The van der Waals surface area contributed by atoms with Gasteiger partial charge < -0.3 is 14.0 Å². The van der Waals surface area contributed by atoms with Crippen LogP contribution in [0.4, 0.5) is 13.2 Å². The van der Waals surface area contributed by atoms with Crippen molar-refractivity contribution in [2.45, 2.75) is 46.1 Å². The van der Waals surface area contributed by atoms with Gasteiger partial charge in [0.05, 0.1) is 17.8 Å². The molecule has 0 bridgehead atoms. The molecule has 1 aromatic heterocycles. The molecule has 146 valence electrons. The molecule has 2 rings (SSSR count). The van der Waals surface area contributed by atoms with E-state index in [0.29, 0.717) is 11.1 Å². The van der Waals surface area contributed by atoms with Crippen molar-refractivity contribution in [2.24, 2.45) is 0 Å². The zero-order valence-electron chi connectivity index (χ0n) is 15.6. The van der Waals surface area contributed by atoms with Crippen LogP contribution < -0.4 is 4.74 Å². The van der Waals surface area contributed by atoms with E-state index in [4.69, 9.17) is 9.47 Å². The molecule has 0 fully saturated rings. The van der Waals surface area contributed by atoms with Crippen LogP contribution in [0.15, 0.2) is 42.7 Å². The molecule has 0 unspecified atom stereocenters. The number of hydrogen-bond acceptors (Lipinski definition) is 3. The normalized spacial score (nSPS) is 12.2. The van der Waals surface area contributed by atoms with Crippen molar-refractivity contribution >= 4 is 12.2 Å². The van der Waals surface area contributed by atoms with Gasteiger partial charge in [-0.05, 0) is 63.1 Å². The second-order valence-electron chi connectivity index (χ2n) is 6.56. The van der Waals surface area contributed by atoms with Crippen LogP contribution >= 0.6 is 0 Å². The van der Waals surface area contributed by atoms with E-state index >= 15 is 0 Å². The van der Waals surface area contributed by atoms with Gasteiger partial charge >= 0.3 is 12.1 Å². The summed E-state index contributed by atoms with van der Waals surface area (Å²) < 4.78 is 51.6. The van der Waals surface area contributed by atoms with Crippen LogP contribution in [0.1, 0.15) is 33.3 Å². The van der Waals surface area contributed by atoms with Crippen molar-refractivity contribution in [1.29, 1.82) is 0 Å². The fraction of sp³-hybridized carbons (Fsp3) is 0.350. The summed E-state index contributed by atoms with van der Waals surface area (Å²) in [6, 6.07) is 5.28. The number of esters is 1. The summed E-state index contributed by atoms with van der Waals surface area (Å²) in [7, 11) is 0. The summed E-state index contributed by atoms with van der Waals surface area (Å²) >= 11 is 0. The Morgan fingerprint density at radius 1 is 1.07 bits per heavy atom. The first-order valence-corrected chi connectivity index (χ1v) is 8.50. The predicted octanol–water partition coefficient (Wildman–Crippen LogP) is 5.38. The molecule has 0 amide bonds. The fourth-order valence-electron chi connectivity index (χ4n) is 2.36. The van der Waals surface area contributed by atoms with Crippen LogP contribution in [-0.2, 0) is 15.7 Å². The number of hydrogen-bond donors (Lipinski definition) is 0. The lowest BCUT2D eigenvalue weighted by Gasteiger charge is -2.14. The number of alkyl halides is 3. The summed E-state index contributed by atoms with van der Waals surface area (Å²) in [5.41, 5.74) is 0.161. The number of nitrogens with zero attached hydrogens (tertiary/aromatic N) is 1. The molecule has 0 N–H and O–H groups in total. The van der Waals surface area contributed by atoms with Crippen LogP contribution in [-0.4, -0.2) is 22.7 Å². The molecule has 0 aliphatic carbocycles. The molecule has 4 nitrogen and oxygen atoms in total. The maximum Gasteiger partial charge on any atom is 0.416 e. The van der Waals surface area contributed by atoms with Gasteiger partial charge in [0.15, 0.2) is 0 Å². The number of halogens is 3. The minimum Gasteiger partial charge on any atom is -0.491 e. The summed E-state index contributed by atoms with van der Waals surface area (Å²) in [5, 5.41) is 0. The largest absolute Gasteiger partial charge is 0.491 e. The van der Waals surface area contributed by atoms with Crippen molar-refractivity contribution in [1.82, 2.24) is 4.57 Å². The van der Waals surface area contributed by atoms with Gasteiger partial charge in [0.1, 0.15) is 5.75 Å². The third kappa shape index (κ3) is 6.20. The van der Waals surface area contributed by atoms with Gasteiger partial charge in [0.2, 0.25) is 0 Å². The Morgan fingerprint density at radius 3 is 2.37 bits per heavy atom. The Kier molecular flexibility index (Phi) is 6.36. The number of ether oxygens (including phenoxy) is 2. The lowest BCUT2D eigenvalue weighted by molar-refractivity contribution is -0.141. The van der Waals surface area contributed by atoms with Crippen molar-refractivity contribution in [3.63, 3.8) is 0 Å². The van der Waals surface area contributed by atoms with Crippen LogP contribution in [0, 0.1) is 0 Å².